The lowest BCUT2D eigenvalue weighted by Gasteiger charge is -2.49. The Bertz CT molecular complexity index is 495. The van der Waals surface area contributed by atoms with Crippen LogP contribution in [0.1, 0.15) is 30.4 Å². The van der Waals surface area contributed by atoms with E-state index in [4.69, 9.17) is 0 Å². The molecule has 19 heavy (non-hydrogen) atoms. The Hall–Kier alpha value is -1.53. The number of nitriles is 1. The zero-order valence-corrected chi connectivity index (χ0v) is 12.4. The number of aryl methyl sites for hydroxylation is 1. The Morgan fingerprint density at radius 2 is 1.95 bits per heavy atom. The number of likely N-dealkylation sites (N-methyl/N-ethyl adjacent to an activating group) is 2. The SMILES string of the molecule is Cc1ccc(N(C)CC2(N(C)C)CCC2)c(C#N)c1. The molecule has 0 amide bonds. The van der Waals surface area contributed by atoms with Crippen molar-refractivity contribution in [3.05, 3.63) is 29.3 Å². The van der Waals surface area contributed by atoms with E-state index in [9.17, 15) is 5.26 Å². The van der Waals surface area contributed by atoms with Crippen molar-refractivity contribution in [1.82, 2.24) is 4.90 Å². The standard InChI is InChI=1S/C16H23N3/c1-13-6-7-15(14(10-13)11-17)19(4)12-16(18(2)3)8-5-9-16/h6-7,10H,5,8-9,12H2,1-4H3. The third-order valence-corrected chi connectivity index (χ3v) is 4.45. The summed E-state index contributed by atoms with van der Waals surface area (Å²) in [6.45, 7) is 3.01. The normalized spacial score (nSPS) is 16.8. The predicted molar refractivity (Wildman–Crippen MR) is 79.4 cm³/mol. The summed E-state index contributed by atoms with van der Waals surface area (Å²) in [5, 5.41) is 9.28. The quantitative estimate of drug-likeness (QED) is 0.831. The number of benzene rings is 1. The minimum atomic E-state index is 0.284. The molecule has 1 aliphatic carbocycles. The molecule has 102 valence electrons. The van der Waals surface area contributed by atoms with E-state index in [1.54, 1.807) is 0 Å². The van der Waals surface area contributed by atoms with Gasteiger partial charge in [0.2, 0.25) is 0 Å². The van der Waals surface area contributed by atoms with Crippen LogP contribution in [0.2, 0.25) is 0 Å². The maximum atomic E-state index is 9.28. The largest absolute Gasteiger partial charge is 0.372 e. The van der Waals surface area contributed by atoms with E-state index in [-0.39, 0.29) is 5.54 Å². The van der Waals surface area contributed by atoms with Crippen LogP contribution in [0.25, 0.3) is 0 Å². The van der Waals surface area contributed by atoms with Gasteiger partial charge in [0.1, 0.15) is 6.07 Å². The maximum absolute atomic E-state index is 9.28. The van der Waals surface area contributed by atoms with E-state index >= 15 is 0 Å². The predicted octanol–water partition coefficient (Wildman–Crippen LogP) is 2.79. The van der Waals surface area contributed by atoms with Gasteiger partial charge in [0.05, 0.1) is 11.3 Å². The molecule has 1 fully saturated rings. The van der Waals surface area contributed by atoms with E-state index < -0.39 is 0 Å². The van der Waals surface area contributed by atoms with Gasteiger partial charge >= 0.3 is 0 Å². The zero-order valence-electron chi connectivity index (χ0n) is 12.4. The van der Waals surface area contributed by atoms with Gasteiger partial charge in [-0.05, 0) is 58.0 Å². The molecule has 0 atom stereocenters. The lowest BCUT2D eigenvalue weighted by molar-refractivity contribution is 0.0683. The van der Waals surface area contributed by atoms with Crippen LogP contribution in [0.15, 0.2) is 18.2 Å². The van der Waals surface area contributed by atoms with Crippen molar-refractivity contribution in [3.63, 3.8) is 0 Å². The van der Waals surface area contributed by atoms with Crippen LogP contribution in [0.4, 0.5) is 5.69 Å². The highest BCUT2D eigenvalue weighted by Crippen LogP contribution is 2.37. The summed E-state index contributed by atoms with van der Waals surface area (Å²) in [4.78, 5) is 4.57. The Balaban J connectivity index is 2.21. The van der Waals surface area contributed by atoms with Gasteiger partial charge in [-0.1, -0.05) is 6.07 Å². The van der Waals surface area contributed by atoms with Crippen LogP contribution < -0.4 is 4.90 Å². The number of hydrogen-bond acceptors (Lipinski definition) is 3. The maximum Gasteiger partial charge on any atom is 0.101 e. The van der Waals surface area contributed by atoms with E-state index in [0.29, 0.717) is 0 Å². The van der Waals surface area contributed by atoms with Crippen molar-refractivity contribution >= 4 is 5.69 Å². The Morgan fingerprint density at radius 1 is 1.26 bits per heavy atom. The third-order valence-electron chi connectivity index (χ3n) is 4.45. The molecule has 0 N–H and O–H groups in total. The van der Waals surface area contributed by atoms with Crippen molar-refractivity contribution in [2.75, 3.05) is 32.6 Å². The topological polar surface area (TPSA) is 30.3 Å². The second kappa shape index (κ2) is 5.22. The van der Waals surface area contributed by atoms with Crippen LogP contribution in [0.5, 0.6) is 0 Å². The molecular weight excluding hydrogens is 234 g/mol. The number of rotatable bonds is 4. The lowest BCUT2D eigenvalue weighted by Crippen LogP contribution is -2.56. The van der Waals surface area contributed by atoms with E-state index in [0.717, 1.165) is 23.4 Å². The van der Waals surface area contributed by atoms with Crippen molar-refractivity contribution in [3.8, 4) is 6.07 Å². The smallest absolute Gasteiger partial charge is 0.101 e. The van der Waals surface area contributed by atoms with Crippen LogP contribution in [0, 0.1) is 18.3 Å². The first-order valence-electron chi connectivity index (χ1n) is 6.88. The molecule has 0 spiro atoms. The first-order valence-corrected chi connectivity index (χ1v) is 6.88. The van der Waals surface area contributed by atoms with Gasteiger partial charge in [-0.2, -0.15) is 5.26 Å². The second-order valence-electron chi connectivity index (χ2n) is 5.96. The van der Waals surface area contributed by atoms with Crippen molar-refractivity contribution in [2.24, 2.45) is 0 Å². The fraction of sp³-hybridized carbons (Fsp3) is 0.562. The first-order chi connectivity index (χ1) is 8.98. The molecule has 1 aromatic carbocycles. The third kappa shape index (κ3) is 2.59. The van der Waals surface area contributed by atoms with Gasteiger partial charge in [0.15, 0.2) is 0 Å². The molecule has 3 nitrogen and oxygen atoms in total. The van der Waals surface area contributed by atoms with E-state index in [1.807, 2.05) is 13.0 Å². The molecule has 1 aliphatic rings. The Labute approximate surface area is 116 Å². The van der Waals surface area contributed by atoms with Crippen LogP contribution in [-0.2, 0) is 0 Å². The fourth-order valence-corrected chi connectivity index (χ4v) is 2.93. The summed E-state index contributed by atoms with van der Waals surface area (Å²) in [5.74, 6) is 0. The molecule has 0 heterocycles. The molecular formula is C16H23N3. The van der Waals surface area contributed by atoms with Gasteiger partial charge in [-0.3, -0.25) is 0 Å². The zero-order chi connectivity index (χ0) is 14.0. The minimum absolute atomic E-state index is 0.284. The second-order valence-corrected chi connectivity index (χ2v) is 5.96. The molecule has 0 unspecified atom stereocenters. The van der Waals surface area contributed by atoms with Gasteiger partial charge in [0, 0.05) is 19.1 Å². The molecule has 0 radical (unpaired) electrons. The number of nitrogens with zero attached hydrogens (tertiary/aromatic N) is 3. The van der Waals surface area contributed by atoms with Crippen molar-refractivity contribution in [1.29, 1.82) is 5.26 Å². The van der Waals surface area contributed by atoms with Gasteiger partial charge in [-0.25, -0.2) is 0 Å². The number of hydrogen-bond donors (Lipinski definition) is 0. The van der Waals surface area contributed by atoms with Crippen LogP contribution in [0.3, 0.4) is 0 Å². The summed E-state index contributed by atoms with van der Waals surface area (Å²) in [6, 6.07) is 8.42. The Kier molecular flexibility index (Phi) is 3.82. The molecule has 1 aromatic rings. The summed E-state index contributed by atoms with van der Waals surface area (Å²) in [7, 11) is 6.41. The molecule has 0 aromatic heterocycles. The number of anilines is 1. The lowest BCUT2D eigenvalue weighted by atomic mass is 9.75. The average Bonchev–Trinajstić information content (AvgIpc) is 2.32. The highest BCUT2D eigenvalue weighted by molar-refractivity contribution is 5.60. The van der Waals surface area contributed by atoms with E-state index in [2.05, 4.69) is 49.1 Å². The molecule has 0 aliphatic heterocycles. The monoisotopic (exact) mass is 257 g/mol. The summed E-state index contributed by atoms with van der Waals surface area (Å²) in [6.07, 6.45) is 3.81. The highest BCUT2D eigenvalue weighted by Gasteiger charge is 2.40. The minimum Gasteiger partial charge on any atom is -0.372 e. The van der Waals surface area contributed by atoms with E-state index in [1.165, 1.54) is 19.3 Å². The summed E-state index contributed by atoms with van der Waals surface area (Å²) >= 11 is 0. The van der Waals surface area contributed by atoms with Gasteiger partial charge in [-0.15, -0.1) is 0 Å². The van der Waals surface area contributed by atoms with Crippen molar-refractivity contribution < 1.29 is 0 Å². The van der Waals surface area contributed by atoms with Crippen LogP contribution in [-0.4, -0.2) is 38.1 Å². The summed E-state index contributed by atoms with van der Waals surface area (Å²) < 4.78 is 0. The van der Waals surface area contributed by atoms with Gasteiger partial charge in [0.25, 0.3) is 0 Å². The van der Waals surface area contributed by atoms with Crippen LogP contribution >= 0.6 is 0 Å². The fourth-order valence-electron chi connectivity index (χ4n) is 2.93. The summed E-state index contributed by atoms with van der Waals surface area (Å²) in [5.41, 5.74) is 3.24. The molecule has 0 bridgehead atoms. The van der Waals surface area contributed by atoms with Gasteiger partial charge < -0.3 is 9.80 Å². The molecule has 0 saturated heterocycles. The average molecular weight is 257 g/mol. The molecule has 2 rings (SSSR count). The molecule has 3 heteroatoms. The Morgan fingerprint density at radius 3 is 2.42 bits per heavy atom. The first kappa shape index (κ1) is 13.9. The molecule has 1 saturated carbocycles. The van der Waals surface area contributed by atoms with Crippen molar-refractivity contribution in [2.45, 2.75) is 31.7 Å². The highest BCUT2D eigenvalue weighted by atomic mass is 15.2.